The Labute approximate surface area is 123 Å². The first-order valence-corrected chi connectivity index (χ1v) is 6.17. The molecule has 2 aromatic rings. The fraction of sp³-hybridized carbons (Fsp3) is 0.143. The van der Waals surface area contributed by atoms with Crippen LogP contribution in [0.4, 0.5) is 18.9 Å². The van der Waals surface area contributed by atoms with Gasteiger partial charge >= 0.3 is 5.97 Å². The Morgan fingerprint density at radius 1 is 1.32 bits per heavy atom. The van der Waals surface area contributed by atoms with Crippen LogP contribution in [0.2, 0.25) is 0 Å². The lowest BCUT2D eigenvalue weighted by atomic mass is 10.1. The highest BCUT2D eigenvalue weighted by molar-refractivity contribution is 5.92. The summed E-state index contributed by atoms with van der Waals surface area (Å²) in [7, 11) is 0. The SMILES string of the molecule is CCOc1ccc(F)c(-c2nc(C(=O)O)c(N)cc2F)c1F. The number of pyridine rings is 1. The standard InChI is InChI=1S/C14H11F3N2O3/c1-2-22-9-4-3-6(15)10(11(9)17)12-7(16)5-8(18)13(19-12)14(20)21/h3-5H,2,18H2,1H3,(H,20,21). The average Bonchev–Trinajstić information content (AvgIpc) is 2.44. The second-order valence-electron chi connectivity index (χ2n) is 4.23. The molecule has 0 aliphatic carbocycles. The number of anilines is 1. The summed E-state index contributed by atoms with van der Waals surface area (Å²) in [5.41, 5.74) is 2.58. The van der Waals surface area contributed by atoms with Gasteiger partial charge in [-0.25, -0.2) is 22.9 Å². The van der Waals surface area contributed by atoms with Gasteiger partial charge in [0.2, 0.25) is 0 Å². The molecule has 1 aromatic heterocycles. The highest BCUT2D eigenvalue weighted by atomic mass is 19.1. The molecule has 116 valence electrons. The molecule has 0 amide bonds. The summed E-state index contributed by atoms with van der Waals surface area (Å²) in [6, 6.07) is 2.57. The Hall–Kier alpha value is -2.77. The van der Waals surface area contributed by atoms with Gasteiger partial charge in [0.25, 0.3) is 0 Å². The summed E-state index contributed by atoms with van der Waals surface area (Å²) in [5.74, 6) is -5.26. The van der Waals surface area contributed by atoms with Gasteiger partial charge in [-0.1, -0.05) is 0 Å². The van der Waals surface area contributed by atoms with Crippen molar-refractivity contribution in [3.63, 3.8) is 0 Å². The molecule has 3 N–H and O–H groups in total. The zero-order valence-corrected chi connectivity index (χ0v) is 11.4. The number of ether oxygens (including phenoxy) is 1. The normalized spacial score (nSPS) is 10.5. The van der Waals surface area contributed by atoms with Crippen molar-refractivity contribution in [1.82, 2.24) is 4.98 Å². The van der Waals surface area contributed by atoms with Gasteiger partial charge in [-0.05, 0) is 19.1 Å². The molecule has 5 nitrogen and oxygen atoms in total. The van der Waals surface area contributed by atoms with Crippen molar-refractivity contribution >= 4 is 11.7 Å². The van der Waals surface area contributed by atoms with Crippen LogP contribution in [-0.2, 0) is 0 Å². The number of nitrogens with zero attached hydrogens (tertiary/aromatic N) is 1. The molecule has 1 aromatic carbocycles. The molecular formula is C14H11F3N2O3. The first kappa shape index (κ1) is 15.6. The van der Waals surface area contributed by atoms with Gasteiger partial charge in [0, 0.05) is 6.07 Å². The van der Waals surface area contributed by atoms with Crippen LogP contribution in [-0.4, -0.2) is 22.7 Å². The number of carboxylic acids is 1. The number of carbonyl (C=O) groups is 1. The quantitative estimate of drug-likeness (QED) is 0.906. The van der Waals surface area contributed by atoms with Gasteiger partial charge in [0.1, 0.15) is 11.5 Å². The molecule has 0 aliphatic heterocycles. The van der Waals surface area contributed by atoms with Crippen molar-refractivity contribution in [3.8, 4) is 17.0 Å². The molecule has 0 radical (unpaired) electrons. The number of aromatic carboxylic acids is 1. The van der Waals surface area contributed by atoms with E-state index in [2.05, 4.69) is 4.98 Å². The minimum Gasteiger partial charge on any atom is -0.491 e. The molecule has 0 saturated heterocycles. The fourth-order valence-electron chi connectivity index (χ4n) is 1.87. The predicted molar refractivity (Wildman–Crippen MR) is 72.1 cm³/mol. The third kappa shape index (κ3) is 2.67. The molecule has 0 spiro atoms. The number of aromatic nitrogens is 1. The van der Waals surface area contributed by atoms with E-state index in [9.17, 15) is 18.0 Å². The lowest BCUT2D eigenvalue weighted by Gasteiger charge is -2.11. The molecule has 0 aliphatic rings. The fourth-order valence-corrected chi connectivity index (χ4v) is 1.87. The molecule has 0 bridgehead atoms. The van der Waals surface area contributed by atoms with Crippen LogP contribution >= 0.6 is 0 Å². The van der Waals surface area contributed by atoms with Gasteiger partial charge in [-0.3, -0.25) is 0 Å². The van der Waals surface area contributed by atoms with Gasteiger partial charge in [0.15, 0.2) is 23.1 Å². The lowest BCUT2D eigenvalue weighted by Crippen LogP contribution is -2.09. The van der Waals surface area contributed by atoms with E-state index in [-0.39, 0.29) is 12.4 Å². The van der Waals surface area contributed by atoms with Crippen LogP contribution in [0.1, 0.15) is 17.4 Å². The van der Waals surface area contributed by atoms with Crippen molar-refractivity contribution in [1.29, 1.82) is 0 Å². The Bertz CT molecular complexity index is 751. The van der Waals surface area contributed by atoms with Crippen LogP contribution in [0.15, 0.2) is 18.2 Å². The van der Waals surface area contributed by atoms with Crippen molar-refractivity contribution in [3.05, 3.63) is 41.3 Å². The predicted octanol–water partition coefficient (Wildman–Crippen LogP) is 2.84. The second-order valence-corrected chi connectivity index (χ2v) is 4.23. The van der Waals surface area contributed by atoms with E-state index >= 15 is 0 Å². The number of carboxylic acid groups (broad SMARTS) is 1. The van der Waals surface area contributed by atoms with E-state index in [1.165, 1.54) is 0 Å². The number of rotatable bonds is 4. The monoisotopic (exact) mass is 312 g/mol. The number of nitrogens with two attached hydrogens (primary N) is 1. The maximum atomic E-state index is 14.3. The summed E-state index contributed by atoms with van der Waals surface area (Å²) >= 11 is 0. The Kier molecular flexibility index (Phi) is 4.20. The van der Waals surface area contributed by atoms with Gasteiger partial charge in [-0.15, -0.1) is 0 Å². The summed E-state index contributed by atoms with van der Waals surface area (Å²) in [4.78, 5) is 14.4. The molecule has 0 fully saturated rings. The van der Waals surface area contributed by atoms with E-state index in [1.807, 2.05) is 0 Å². The Morgan fingerprint density at radius 2 is 2.00 bits per heavy atom. The minimum absolute atomic E-state index is 0.111. The summed E-state index contributed by atoms with van der Waals surface area (Å²) in [6.07, 6.45) is 0. The molecule has 8 heteroatoms. The van der Waals surface area contributed by atoms with E-state index in [0.717, 1.165) is 12.1 Å². The van der Waals surface area contributed by atoms with E-state index in [4.69, 9.17) is 15.6 Å². The number of nitrogen functional groups attached to an aromatic ring is 1. The third-order valence-electron chi connectivity index (χ3n) is 2.80. The average molecular weight is 312 g/mol. The van der Waals surface area contributed by atoms with Crippen molar-refractivity contribution in [2.75, 3.05) is 12.3 Å². The van der Waals surface area contributed by atoms with Crippen molar-refractivity contribution in [2.24, 2.45) is 0 Å². The van der Waals surface area contributed by atoms with E-state index in [1.54, 1.807) is 6.92 Å². The topological polar surface area (TPSA) is 85.4 Å². The highest BCUT2D eigenvalue weighted by Crippen LogP contribution is 2.33. The molecule has 0 atom stereocenters. The molecule has 0 unspecified atom stereocenters. The van der Waals surface area contributed by atoms with E-state index < -0.39 is 46.1 Å². The number of hydrogen-bond acceptors (Lipinski definition) is 4. The number of halogens is 3. The molecule has 1 heterocycles. The van der Waals surface area contributed by atoms with Crippen LogP contribution in [0.25, 0.3) is 11.3 Å². The Balaban J connectivity index is 2.73. The van der Waals surface area contributed by atoms with Crippen LogP contribution < -0.4 is 10.5 Å². The van der Waals surface area contributed by atoms with Gasteiger partial charge in [-0.2, -0.15) is 0 Å². The zero-order valence-electron chi connectivity index (χ0n) is 11.4. The number of benzene rings is 1. The highest BCUT2D eigenvalue weighted by Gasteiger charge is 2.23. The van der Waals surface area contributed by atoms with Gasteiger partial charge in [0.05, 0.1) is 17.9 Å². The first-order chi connectivity index (χ1) is 10.4. The molecular weight excluding hydrogens is 301 g/mol. The second kappa shape index (κ2) is 5.92. The molecule has 2 rings (SSSR count). The summed E-state index contributed by atoms with van der Waals surface area (Å²) in [5, 5.41) is 8.93. The summed E-state index contributed by atoms with van der Waals surface area (Å²) < 4.78 is 47.1. The maximum absolute atomic E-state index is 14.3. The molecule has 22 heavy (non-hydrogen) atoms. The maximum Gasteiger partial charge on any atom is 0.356 e. The number of hydrogen-bond donors (Lipinski definition) is 2. The van der Waals surface area contributed by atoms with Gasteiger partial charge < -0.3 is 15.6 Å². The minimum atomic E-state index is -1.54. The van der Waals surface area contributed by atoms with Crippen LogP contribution in [0, 0.1) is 17.5 Å². The lowest BCUT2D eigenvalue weighted by molar-refractivity contribution is 0.0692. The van der Waals surface area contributed by atoms with Crippen LogP contribution in [0.3, 0.4) is 0 Å². The van der Waals surface area contributed by atoms with Crippen molar-refractivity contribution < 1.29 is 27.8 Å². The summed E-state index contributed by atoms with van der Waals surface area (Å²) in [6.45, 7) is 1.70. The molecule has 0 saturated carbocycles. The third-order valence-corrected chi connectivity index (χ3v) is 2.80. The zero-order chi connectivity index (χ0) is 16.4. The first-order valence-electron chi connectivity index (χ1n) is 6.17. The van der Waals surface area contributed by atoms with Crippen LogP contribution in [0.5, 0.6) is 5.75 Å². The van der Waals surface area contributed by atoms with Crippen molar-refractivity contribution in [2.45, 2.75) is 6.92 Å². The Morgan fingerprint density at radius 3 is 2.59 bits per heavy atom. The largest absolute Gasteiger partial charge is 0.491 e. The smallest absolute Gasteiger partial charge is 0.356 e. The van der Waals surface area contributed by atoms with E-state index in [0.29, 0.717) is 6.07 Å².